The van der Waals surface area contributed by atoms with Crippen molar-refractivity contribution in [3.63, 3.8) is 0 Å². The van der Waals surface area contributed by atoms with Gasteiger partial charge < -0.3 is 10.1 Å². The van der Waals surface area contributed by atoms with Crippen LogP contribution in [0.5, 0.6) is 5.75 Å². The van der Waals surface area contributed by atoms with Crippen LogP contribution in [0, 0.1) is 0 Å². The molecule has 0 spiro atoms. The summed E-state index contributed by atoms with van der Waals surface area (Å²) in [5.41, 5.74) is -0.417. The topological polar surface area (TPSA) is 79.9 Å². The fraction of sp³-hybridized carbons (Fsp3) is 0.133. The number of aromatic amines is 1. The first kappa shape index (κ1) is 15.8. The lowest BCUT2D eigenvalue weighted by atomic mass is 10.2. The summed E-state index contributed by atoms with van der Waals surface area (Å²) < 4.78 is 42.5. The average Bonchev–Trinajstić information content (AvgIpc) is 2.96. The summed E-state index contributed by atoms with van der Waals surface area (Å²) >= 11 is 0. The van der Waals surface area contributed by atoms with E-state index in [2.05, 4.69) is 20.5 Å². The van der Waals surface area contributed by atoms with Crippen molar-refractivity contribution in [3.05, 3.63) is 47.8 Å². The number of benzene rings is 1. The molecule has 2 N–H and O–H groups in total. The summed E-state index contributed by atoms with van der Waals surface area (Å²) in [5, 5.41) is 9.90. The van der Waals surface area contributed by atoms with Gasteiger partial charge in [0.1, 0.15) is 11.4 Å². The second kappa shape index (κ2) is 5.84. The molecule has 6 nitrogen and oxygen atoms in total. The van der Waals surface area contributed by atoms with Gasteiger partial charge in [0.05, 0.1) is 18.2 Å². The molecule has 1 amide bonds. The molecule has 2 heterocycles. The summed E-state index contributed by atoms with van der Waals surface area (Å²) in [6.07, 6.45) is -3.68. The molecule has 0 bridgehead atoms. The van der Waals surface area contributed by atoms with E-state index in [1.165, 1.54) is 7.11 Å². The first-order valence-corrected chi connectivity index (χ1v) is 6.75. The van der Waals surface area contributed by atoms with Crippen LogP contribution in [-0.4, -0.2) is 28.2 Å². The van der Waals surface area contributed by atoms with Crippen LogP contribution in [0.25, 0.3) is 10.9 Å². The molecule has 24 heavy (non-hydrogen) atoms. The third kappa shape index (κ3) is 3.00. The first-order valence-electron chi connectivity index (χ1n) is 6.75. The smallest absolute Gasteiger partial charge is 0.433 e. The molecule has 0 radical (unpaired) electrons. The van der Waals surface area contributed by atoms with E-state index in [-0.39, 0.29) is 11.4 Å². The number of hydrogen-bond acceptors (Lipinski definition) is 4. The highest BCUT2D eigenvalue weighted by Crippen LogP contribution is 2.28. The average molecular weight is 336 g/mol. The molecule has 9 heteroatoms. The van der Waals surface area contributed by atoms with E-state index in [0.29, 0.717) is 16.7 Å². The van der Waals surface area contributed by atoms with Gasteiger partial charge in [0.15, 0.2) is 5.82 Å². The van der Waals surface area contributed by atoms with E-state index in [1.807, 2.05) is 0 Å². The number of nitrogens with one attached hydrogen (secondary N) is 2. The third-order valence-electron chi connectivity index (χ3n) is 3.32. The summed E-state index contributed by atoms with van der Waals surface area (Å²) in [4.78, 5) is 15.4. The van der Waals surface area contributed by atoms with Gasteiger partial charge in [-0.3, -0.25) is 14.9 Å². The lowest BCUT2D eigenvalue weighted by Gasteiger charge is -2.06. The van der Waals surface area contributed by atoms with Gasteiger partial charge in [-0.25, -0.2) is 0 Å². The predicted octanol–water partition coefficient (Wildman–Crippen LogP) is 3.24. The van der Waals surface area contributed by atoms with Gasteiger partial charge in [0.2, 0.25) is 0 Å². The van der Waals surface area contributed by atoms with E-state index in [0.717, 1.165) is 18.3 Å². The number of methoxy groups -OCH3 is 1. The molecule has 3 aromatic rings. The normalized spacial score (nSPS) is 11.5. The van der Waals surface area contributed by atoms with Crippen LogP contribution in [0.2, 0.25) is 0 Å². The minimum absolute atomic E-state index is 0.00679. The van der Waals surface area contributed by atoms with E-state index in [1.54, 1.807) is 18.2 Å². The van der Waals surface area contributed by atoms with Crippen LogP contribution in [-0.2, 0) is 6.18 Å². The Bertz CT molecular complexity index is 888. The van der Waals surface area contributed by atoms with Crippen molar-refractivity contribution in [1.29, 1.82) is 0 Å². The van der Waals surface area contributed by atoms with Crippen molar-refractivity contribution in [2.45, 2.75) is 6.18 Å². The lowest BCUT2D eigenvalue weighted by Crippen LogP contribution is -2.14. The molecule has 3 rings (SSSR count). The van der Waals surface area contributed by atoms with Gasteiger partial charge in [-0.15, -0.1) is 0 Å². The molecule has 124 valence electrons. The van der Waals surface area contributed by atoms with Gasteiger partial charge in [-0.1, -0.05) is 0 Å². The maximum atomic E-state index is 12.5. The van der Waals surface area contributed by atoms with E-state index >= 15 is 0 Å². The second-order valence-corrected chi connectivity index (χ2v) is 4.87. The highest BCUT2D eigenvalue weighted by molar-refractivity contribution is 6.07. The molecule has 0 saturated carbocycles. The third-order valence-corrected chi connectivity index (χ3v) is 3.32. The number of amides is 1. The number of anilines is 1. The number of ether oxygens (including phenoxy) is 1. The van der Waals surface area contributed by atoms with Crippen LogP contribution >= 0.6 is 0 Å². The van der Waals surface area contributed by atoms with Crippen LogP contribution in [0.15, 0.2) is 36.5 Å². The Morgan fingerprint density at radius 3 is 2.67 bits per heavy atom. The van der Waals surface area contributed by atoms with Crippen molar-refractivity contribution < 1.29 is 22.7 Å². The number of hydrogen-bond donors (Lipinski definition) is 2. The van der Waals surface area contributed by atoms with Crippen LogP contribution in [0.1, 0.15) is 16.1 Å². The summed E-state index contributed by atoms with van der Waals surface area (Å²) in [7, 11) is 1.53. The number of alkyl halides is 3. The minimum atomic E-state index is -4.55. The summed E-state index contributed by atoms with van der Waals surface area (Å²) in [6.45, 7) is 0. The van der Waals surface area contributed by atoms with Crippen molar-refractivity contribution in [2.24, 2.45) is 0 Å². The number of fused-ring (bicyclic) bond motifs is 1. The van der Waals surface area contributed by atoms with Crippen LogP contribution in [0.3, 0.4) is 0 Å². The van der Waals surface area contributed by atoms with Gasteiger partial charge in [0, 0.05) is 17.6 Å². The van der Waals surface area contributed by atoms with Crippen molar-refractivity contribution >= 4 is 22.6 Å². The summed E-state index contributed by atoms with van der Waals surface area (Å²) in [6, 6.07) is 6.93. The highest BCUT2D eigenvalue weighted by atomic mass is 19.4. The molecule has 2 aromatic heterocycles. The Morgan fingerprint density at radius 2 is 2.04 bits per heavy atom. The highest BCUT2D eigenvalue weighted by Gasteiger charge is 2.32. The number of rotatable bonds is 3. The Labute approximate surface area is 133 Å². The Kier molecular flexibility index (Phi) is 3.84. The van der Waals surface area contributed by atoms with Gasteiger partial charge in [0.25, 0.3) is 5.91 Å². The largest absolute Gasteiger partial charge is 0.497 e. The van der Waals surface area contributed by atoms with Gasteiger partial charge >= 0.3 is 6.18 Å². The molecule has 0 unspecified atom stereocenters. The maximum absolute atomic E-state index is 12.5. The second-order valence-electron chi connectivity index (χ2n) is 4.87. The summed E-state index contributed by atoms with van der Waals surface area (Å²) in [5.74, 6) is 0.272. The van der Waals surface area contributed by atoms with E-state index < -0.39 is 17.8 Å². The molecule has 0 fully saturated rings. The zero-order valence-electron chi connectivity index (χ0n) is 12.3. The number of halogens is 3. The minimum Gasteiger partial charge on any atom is -0.497 e. The first-order chi connectivity index (χ1) is 11.4. The van der Waals surface area contributed by atoms with Crippen LogP contribution in [0.4, 0.5) is 19.0 Å². The maximum Gasteiger partial charge on any atom is 0.433 e. The number of H-pyrrole nitrogens is 1. The van der Waals surface area contributed by atoms with Gasteiger partial charge in [-0.2, -0.15) is 18.3 Å². The van der Waals surface area contributed by atoms with Crippen molar-refractivity contribution in [3.8, 4) is 5.75 Å². The van der Waals surface area contributed by atoms with E-state index in [9.17, 15) is 18.0 Å². The quantitative estimate of drug-likeness (QED) is 0.769. The molecule has 0 atom stereocenters. The van der Waals surface area contributed by atoms with Crippen LogP contribution < -0.4 is 10.1 Å². The molecular weight excluding hydrogens is 325 g/mol. The number of pyridine rings is 1. The Morgan fingerprint density at radius 1 is 1.25 bits per heavy atom. The lowest BCUT2D eigenvalue weighted by molar-refractivity contribution is -0.141. The molecule has 0 aliphatic rings. The molecular formula is C15H11F3N4O2. The fourth-order valence-electron chi connectivity index (χ4n) is 2.10. The fourth-order valence-corrected chi connectivity index (χ4v) is 2.10. The molecule has 0 saturated heterocycles. The zero-order valence-corrected chi connectivity index (χ0v) is 12.3. The van der Waals surface area contributed by atoms with Crippen molar-refractivity contribution in [2.75, 3.05) is 12.4 Å². The molecule has 0 aliphatic heterocycles. The monoisotopic (exact) mass is 336 g/mol. The zero-order chi connectivity index (χ0) is 17.3. The standard InChI is InChI=1S/C15H11F3N4O2/c1-24-9-3-4-10-11(6-9)21-22-13(10)20-14(23)8-2-5-12(19-7-8)15(16,17)18/h2-7H,1H3,(H2,20,21,22,23). The molecule has 1 aromatic carbocycles. The van der Waals surface area contributed by atoms with Gasteiger partial charge in [-0.05, 0) is 24.3 Å². The predicted molar refractivity (Wildman–Crippen MR) is 79.8 cm³/mol. The number of carbonyl (C=O) groups excluding carboxylic acids is 1. The van der Waals surface area contributed by atoms with E-state index in [4.69, 9.17) is 4.74 Å². The number of carbonyl (C=O) groups is 1. The Hall–Kier alpha value is -3.10. The number of aromatic nitrogens is 3. The number of nitrogens with zero attached hydrogens (tertiary/aromatic N) is 2. The SMILES string of the molecule is COc1ccc2c(NC(=O)c3ccc(C(F)(F)F)nc3)n[nH]c2c1. The van der Waals surface area contributed by atoms with Crippen molar-refractivity contribution in [1.82, 2.24) is 15.2 Å². The Balaban J connectivity index is 1.82. The molecule has 0 aliphatic carbocycles.